The third-order valence-corrected chi connectivity index (χ3v) is 4.58. The lowest BCUT2D eigenvalue weighted by molar-refractivity contribution is -0.0349. The second-order valence-corrected chi connectivity index (χ2v) is 6.33. The summed E-state index contributed by atoms with van der Waals surface area (Å²) < 4.78 is 5.86. The number of morpholine rings is 1. The molecule has 1 fully saturated rings. The van der Waals surface area contributed by atoms with Crippen LogP contribution in [0.2, 0.25) is 0 Å². The number of pyridine rings is 1. The van der Waals surface area contributed by atoms with E-state index in [-0.39, 0.29) is 6.10 Å². The predicted molar refractivity (Wildman–Crippen MR) is 95.0 cm³/mol. The SMILES string of the molecule is NC(=O)c1ccc(C2CN(Cc3ccc4cc[nH]c4c3)CCO2)nc1. The summed E-state index contributed by atoms with van der Waals surface area (Å²) in [5.41, 5.74) is 8.93. The van der Waals surface area contributed by atoms with Crippen molar-refractivity contribution in [3.05, 3.63) is 65.6 Å². The molecule has 2 aromatic heterocycles. The molecule has 0 radical (unpaired) electrons. The Balaban J connectivity index is 1.45. The highest BCUT2D eigenvalue weighted by atomic mass is 16.5. The molecule has 4 rings (SSSR count). The van der Waals surface area contributed by atoms with E-state index in [0.717, 1.165) is 30.8 Å². The summed E-state index contributed by atoms with van der Waals surface area (Å²) in [5.74, 6) is -0.468. The average molecular weight is 336 g/mol. The zero-order valence-corrected chi connectivity index (χ0v) is 13.8. The number of aromatic nitrogens is 2. The molecule has 3 aromatic rings. The van der Waals surface area contributed by atoms with E-state index in [1.165, 1.54) is 17.1 Å². The lowest BCUT2D eigenvalue weighted by Crippen LogP contribution is -2.38. The molecule has 6 nitrogen and oxygen atoms in total. The molecule has 1 saturated heterocycles. The number of fused-ring (bicyclic) bond motifs is 1. The molecule has 0 aliphatic carbocycles. The zero-order valence-electron chi connectivity index (χ0n) is 13.8. The quantitative estimate of drug-likeness (QED) is 0.765. The van der Waals surface area contributed by atoms with Crippen LogP contribution in [0.3, 0.4) is 0 Å². The predicted octanol–water partition coefficient (Wildman–Crippen LogP) is 2.24. The Hall–Kier alpha value is -2.70. The van der Waals surface area contributed by atoms with Crippen LogP contribution < -0.4 is 5.73 Å². The monoisotopic (exact) mass is 336 g/mol. The van der Waals surface area contributed by atoms with E-state index in [9.17, 15) is 4.79 Å². The number of hydrogen-bond donors (Lipinski definition) is 2. The van der Waals surface area contributed by atoms with Gasteiger partial charge in [-0.3, -0.25) is 14.7 Å². The summed E-state index contributed by atoms with van der Waals surface area (Å²) in [4.78, 5) is 21.1. The number of carbonyl (C=O) groups excluding carboxylic acids is 1. The second kappa shape index (κ2) is 6.66. The molecule has 3 heterocycles. The second-order valence-electron chi connectivity index (χ2n) is 6.33. The van der Waals surface area contributed by atoms with Gasteiger partial charge >= 0.3 is 0 Å². The van der Waals surface area contributed by atoms with Crippen LogP contribution in [0.4, 0.5) is 0 Å². The average Bonchev–Trinajstić information content (AvgIpc) is 3.10. The molecule has 0 spiro atoms. The van der Waals surface area contributed by atoms with Crippen molar-refractivity contribution in [1.29, 1.82) is 0 Å². The fourth-order valence-corrected chi connectivity index (χ4v) is 3.22. The molecule has 1 unspecified atom stereocenters. The van der Waals surface area contributed by atoms with Gasteiger partial charge in [-0.1, -0.05) is 12.1 Å². The molecule has 1 atom stereocenters. The Bertz CT molecular complexity index is 888. The molecule has 3 N–H and O–H groups in total. The van der Waals surface area contributed by atoms with Gasteiger partial charge in [0.15, 0.2) is 0 Å². The third kappa shape index (κ3) is 3.40. The van der Waals surface area contributed by atoms with E-state index in [1.54, 1.807) is 6.07 Å². The first-order valence-corrected chi connectivity index (χ1v) is 8.35. The van der Waals surface area contributed by atoms with Gasteiger partial charge in [0, 0.05) is 37.5 Å². The topological polar surface area (TPSA) is 84.2 Å². The van der Waals surface area contributed by atoms with E-state index in [2.05, 4.69) is 39.1 Å². The van der Waals surface area contributed by atoms with Crippen molar-refractivity contribution in [2.24, 2.45) is 5.73 Å². The molecule has 25 heavy (non-hydrogen) atoms. The van der Waals surface area contributed by atoms with Gasteiger partial charge in [0.05, 0.1) is 17.9 Å². The molecule has 0 bridgehead atoms. The first-order chi connectivity index (χ1) is 12.2. The number of benzene rings is 1. The molecule has 6 heteroatoms. The van der Waals surface area contributed by atoms with Crippen molar-refractivity contribution >= 4 is 16.8 Å². The summed E-state index contributed by atoms with van der Waals surface area (Å²) in [6, 6.07) is 12.1. The summed E-state index contributed by atoms with van der Waals surface area (Å²) in [5, 5.41) is 1.22. The molecule has 1 amide bonds. The standard InChI is InChI=1S/C19H20N4O2/c20-19(24)15-3-4-16(22-10-15)18-12-23(7-8-25-18)11-13-1-2-14-5-6-21-17(14)9-13/h1-6,9-10,18,21H,7-8,11-12H2,(H2,20,24). The summed E-state index contributed by atoms with van der Waals surface area (Å²) >= 11 is 0. The van der Waals surface area contributed by atoms with Crippen molar-refractivity contribution in [3.63, 3.8) is 0 Å². The van der Waals surface area contributed by atoms with Crippen molar-refractivity contribution in [2.45, 2.75) is 12.6 Å². The van der Waals surface area contributed by atoms with E-state index in [1.807, 2.05) is 12.3 Å². The first-order valence-electron chi connectivity index (χ1n) is 8.35. The highest BCUT2D eigenvalue weighted by Crippen LogP contribution is 2.23. The Morgan fingerprint density at radius 2 is 2.24 bits per heavy atom. The van der Waals surface area contributed by atoms with E-state index >= 15 is 0 Å². The Morgan fingerprint density at radius 3 is 3.04 bits per heavy atom. The maximum absolute atomic E-state index is 11.2. The minimum atomic E-state index is -0.468. The molecule has 128 valence electrons. The number of hydrogen-bond acceptors (Lipinski definition) is 4. The van der Waals surface area contributed by atoms with Crippen molar-refractivity contribution in [3.8, 4) is 0 Å². The summed E-state index contributed by atoms with van der Waals surface area (Å²) in [7, 11) is 0. The van der Waals surface area contributed by atoms with Crippen LogP contribution >= 0.6 is 0 Å². The van der Waals surface area contributed by atoms with Gasteiger partial charge in [-0.2, -0.15) is 0 Å². The number of ether oxygens (including phenoxy) is 1. The number of primary amides is 1. The summed E-state index contributed by atoms with van der Waals surface area (Å²) in [6.45, 7) is 3.19. The number of carbonyl (C=O) groups is 1. The Morgan fingerprint density at radius 1 is 1.32 bits per heavy atom. The Kier molecular flexibility index (Phi) is 4.21. The van der Waals surface area contributed by atoms with Gasteiger partial charge in [0.2, 0.25) is 5.91 Å². The van der Waals surface area contributed by atoms with Gasteiger partial charge in [0.25, 0.3) is 0 Å². The van der Waals surface area contributed by atoms with Gasteiger partial charge < -0.3 is 15.5 Å². The number of nitrogens with two attached hydrogens (primary N) is 1. The third-order valence-electron chi connectivity index (χ3n) is 4.58. The normalized spacial score (nSPS) is 18.5. The van der Waals surface area contributed by atoms with Crippen LogP contribution in [0.5, 0.6) is 0 Å². The van der Waals surface area contributed by atoms with Crippen LogP contribution in [0.15, 0.2) is 48.8 Å². The van der Waals surface area contributed by atoms with Crippen LogP contribution in [-0.4, -0.2) is 40.5 Å². The molecule has 1 aliphatic heterocycles. The van der Waals surface area contributed by atoms with Gasteiger partial charge in [-0.25, -0.2) is 0 Å². The zero-order chi connectivity index (χ0) is 17.2. The van der Waals surface area contributed by atoms with E-state index < -0.39 is 5.91 Å². The molecule has 1 aliphatic rings. The fourth-order valence-electron chi connectivity index (χ4n) is 3.22. The molecule has 0 saturated carbocycles. The number of nitrogens with one attached hydrogen (secondary N) is 1. The van der Waals surface area contributed by atoms with Crippen molar-refractivity contribution < 1.29 is 9.53 Å². The van der Waals surface area contributed by atoms with E-state index in [0.29, 0.717) is 12.2 Å². The number of nitrogens with zero attached hydrogens (tertiary/aromatic N) is 2. The van der Waals surface area contributed by atoms with Crippen LogP contribution in [0.1, 0.15) is 27.7 Å². The maximum Gasteiger partial charge on any atom is 0.250 e. The smallest absolute Gasteiger partial charge is 0.250 e. The van der Waals surface area contributed by atoms with Crippen LogP contribution in [-0.2, 0) is 11.3 Å². The lowest BCUT2D eigenvalue weighted by Gasteiger charge is -2.32. The number of rotatable bonds is 4. The Labute approximate surface area is 145 Å². The van der Waals surface area contributed by atoms with Crippen molar-refractivity contribution in [2.75, 3.05) is 19.7 Å². The highest BCUT2D eigenvalue weighted by Gasteiger charge is 2.23. The highest BCUT2D eigenvalue weighted by molar-refractivity contribution is 5.92. The largest absolute Gasteiger partial charge is 0.369 e. The van der Waals surface area contributed by atoms with E-state index in [4.69, 9.17) is 10.5 Å². The van der Waals surface area contributed by atoms with Crippen LogP contribution in [0, 0.1) is 0 Å². The maximum atomic E-state index is 11.2. The molecular weight excluding hydrogens is 316 g/mol. The summed E-state index contributed by atoms with van der Waals surface area (Å²) in [6.07, 6.45) is 3.38. The number of aromatic amines is 1. The van der Waals surface area contributed by atoms with Gasteiger partial charge in [-0.15, -0.1) is 0 Å². The first kappa shape index (κ1) is 15.8. The van der Waals surface area contributed by atoms with Gasteiger partial charge in [-0.05, 0) is 35.2 Å². The van der Waals surface area contributed by atoms with Gasteiger partial charge in [0.1, 0.15) is 6.10 Å². The van der Waals surface area contributed by atoms with Crippen molar-refractivity contribution in [1.82, 2.24) is 14.9 Å². The molecular formula is C19H20N4O2. The minimum Gasteiger partial charge on any atom is -0.369 e. The lowest BCUT2D eigenvalue weighted by atomic mass is 10.1. The molecule has 1 aromatic carbocycles. The minimum absolute atomic E-state index is 0.0927. The number of H-pyrrole nitrogens is 1. The number of amides is 1. The fraction of sp³-hybridized carbons (Fsp3) is 0.263. The van der Waals surface area contributed by atoms with Crippen LogP contribution in [0.25, 0.3) is 10.9 Å².